The van der Waals surface area contributed by atoms with Crippen LogP contribution >= 0.6 is 0 Å². The van der Waals surface area contributed by atoms with Crippen LogP contribution in [0.25, 0.3) is 0 Å². The van der Waals surface area contributed by atoms with E-state index in [1.807, 2.05) is 0 Å². The highest BCUT2D eigenvalue weighted by atomic mass is 16.6. The van der Waals surface area contributed by atoms with E-state index in [-0.39, 0.29) is 12.4 Å². The van der Waals surface area contributed by atoms with Gasteiger partial charge in [-0.1, -0.05) is 0 Å². The summed E-state index contributed by atoms with van der Waals surface area (Å²) in [4.78, 5) is 15.9. The summed E-state index contributed by atoms with van der Waals surface area (Å²) < 4.78 is 0. The van der Waals surface area contributed by atoms with Crippen LogP contribution in [0.3, 0.4) is 0 Å². The average molecular weight is 237 g/mol. The fourth-order valence-corrected chi connectivity index (χ4v) is 2.05. The van der Waals surface area contributed by atoms with E-state index in [2.05, 4.69) is 9.88 Å². The van der Waals surface area contributed by atoms with Gasteiger partial charge in [0.1, 0.15) is 0 Å². The smallest absolute Gasteiger partial charge is 0.363 e. The average Bonchev–Trinajstić information content (AvgIpc) is 2.39. The Morgan fingerprint density at radius 1 is 1.47 bits per heavy atom. The van der Waals surface area contributed by atoms with Crippen LogP contribution in [0.4, 0.5) is 11.5 Å². The number of hydrogen-bond donors (Lipinski definition) is 1. The molecule has 0 atom stereocenters. The quantitative estimate of drug-likeness (QED) is 0.631. The van der Waals surface area contributed by atoms with Gasteiger partial charge in [0.25, 0.3) is 0 Å². The molecule has 6 nitrogen and oxygen atoms in total. The highest BCUT2D eigenvalue weighted by Crippen LogP contribution is 2.23. The lowest BCUT2D eigenvalue weighted by Crippen LogP contribution is -2.34. The molecule has 2 heterocycles. The van der Waals surface area contributed by atoms with Crippen molar-refractivity contribution in [2.24, 2.45) is 5.92 Å². The van der Waals surface area contributed by atoms with Gasteiger partial charge in [-0.3, -0.25) is 0 Å². The van der Waals surface area contributed by atoms with Gasteiger partial charge in [0.2, 0.25) is 0 Å². The lowest BCUT2D eigenvalue weighted by atomic mass is 9.98. The minimum absolute atomic E-state index is 0.126. The second-order valence-electron chi connectivity index (χ2n) is 4.24. The second-order valence-corrected chi connectivity index (χ2v) is 4.24. The predicted molar refractivity (Wildman–Crippen MR) is 62.9 cm³/mol. The van der Waals surface area contributed by atoms with E-state index in [9.17, 15) is 10.1 Å². The van der Waals surface area contributed by atoms with Crippen LogP contribution in [-0.4, -0.2) is 34.7 Å². The number of nitro groups is 1. The molecule has 1 N–H and O–H groups in total. The predicted octanol–water partition coefficient (Wildman–Crippen LogP) is 1.20. The molecule has 6 heteroatoms. The van der Waals surface area contributed by atoms with Crippen molar-refractivity contribution in [1.29, 1.82) is 0 Å². The van der Waals surface area contributed by atoms with Crippen LogP contribution in [0.2, 0.25) is 0 Å². The Kier molecular flexibility index (Phi) is 3.53. The topological polar surface area (TPSA) is 79.5 Å². The number of aromatic nitrogens is 1. The molecule has 1 aromatic rings. The molecule has 2 rings (SSSR count). The first-order chi connectivity index (χ1) is 8.20. The summed E-state index contributed by atoms with van der Waals surface area (Å²) in [6, 6.07) is 3.15. The Balaban J connectivity index is 2.01. The van der Waals surface area contributed by atoms with E-state index in [4.69, 9.17) is 5.11 Å². The van der Waals surface area contributed by atoms with E-state index in [0.717, 1.165) is 31.6 Å². The van der Waals surface area contributed by atoms with E-state index >= 15 is 0 Å². The molecule has 0 radical (unpaired) electrons. The first-order valence-corrected chi connectivity index (χ1v) is 5.67. The highest BCUT2D eigenvalue weighted by molar-refractivity contribution is 5.46. The number of pyridine rings is 1. The third kappa shape index (κ3) is 2.71. The maximum atomic E-state index is 10.5. The largest absolute Gasteiger partial charge is 0.396 e. The minimum atomic E-state index is -0.498. The van der Waals surface area contributed by atoms with Crippen molar-refractivity contribution in [3.05, 3.63) is 28.4 Å². The summed E-state index contributed by atoms with van der Waals surface area (Å²) >= 11 is 0. The lowest BCUT2D eigenvalue weighted by Gasteiger charge is -2.31. The second kappa shape index (κ2) is 5.09. The van der Waals surface area contributed by atoms with Gasteiger partial charge in [-0.15, -0.1) is 0 Å². The summed E-state index contributed by atoms with van der Waals surface area (Å²) in [6.45, 7) is 1.97. The monoisotopic (exact) mass is 237 g/mol. The molecule has 0 bridgehead atoms. The standard InChI is InChI=1S/C11H15N3O3/c15-8-9-3-5-13(6-4-9)10-1-2-11(12-7-10)14(16)17/h1-2,7,9,15H,3-6,8H2. The molecule has 1 aliphatic heterocycles. The van der Waals surface area contributed by atoms with Crippen molar-refractivity contribution in [3.63, 3.8) is 0 Å². The Morgan fingerprint density at radius 3 is 2.65 bits per heavy atom. The van der Waals surface area contributed by atoms with E-state index in [0.29, 0.717) is 5.92 Å². The first kappa shape index (κ1) is 11.8. The fraction of sp³-hybridized carbons (Fsp3) is 0.545. The van der Waals surface area contributed by atoms with Crippen molar-refractivity contribution >= 4 is 11.5 Å². The van der Waals surface area contributed by atoms with Gasteiger partial charge in [0, 0.05) is 25.8 Å². The third-order valence-corrected chi connectivity index (χ3v) is 3.16. The van der Waals surface area contributed by atoms with Gasteiger partial charge in [0.15, 0.2) is 6.20 Å². The molecule has 0 saturated carbocycles. The molecule has 1 aromatic heterocycles. The van der Waals surface area contributed by atoms with Crippen LogP contribution < -0.4 is 4.90 Å². The van der Waals surface area contributed by atoms with Gasteiger partial charge in [-0.05, 0) is 34.7 Å². The van der Waals surface area contributed by atoms with Crippen molar-refractivity contribution in [2.45, 2.75) is 12.8 Å². The van der Waals surface area contributed by atoms with Crippen molar-refractivity contribution in [2.75, 3.05) is 24.6 Å². The van der Waals surface area contributed by atoms with Crippen LogP contribution in [0.1, 0.15) is 12.8 Å². The number of hydrogen-bond acceptors (Lipinski definition) is 5. The number of aliphatic hydroxyl groups excluding tert-OH is 1. The SMILES string of the molecule is O=[N+]([O-])c1ccc(N2CCC(CO)CC2)cn1. The summed E-state index contributed by atoms with van der Waals surface area (Å²) in [5.74, 6) is 0.260. The third-order valence-electron chi connectivity index (χ3n) is 3.16. The van der Waals surface area contributed by atoms with Crippen LogP contribution in [0.5, 0.6) is 0 Å². The maximum absolute atomic E-state index is 10.5. The lowest BCUT2D eigenvalue weighted by molar-refractivity contribution is -0.389. The Bertz CT molecular complexity index is 385. The number of rotatable bonds is 3. The van der Waals surface area contributed by atoms with E-state index in [1.54, 1.807) is 6.07 Å². The van der Waals surface area contributed by atoms with Crippen molar-refractivity contribution in [3.8, 4) is 0 Å². The molecule has 1 saturated heterocycles. The number of piperidine rings is 1. The molecule has 0 aromatic carbocycles. The number of aliphatic hydroxyl groups is 1. The Morgan fingerprint density at radius 2 is 2.18 bits per heavy atom. The molecule has 0 aliphatic carbocycles. The minimum Gasteiger partial charge on any atom is -0.396 e. The van der Waals surface area contributed by atoms with Crippen LogP contribution in [-0.2, 0) is 0 Å². The summed E-state index contributed by atoms with van der Waals surface area (Å²) in [7, 11) is 0. The summed E-state index contributed by atoms with van der Waals surface area (Å²) in [6.07, 6.45) is 3.44. The highest BCUT2D eigenvalue weighted by Gasteiger charge is 2.20. The maximum Gasteiger partial charge on any atom is 0.363 e. The van der Waals surface area contributed by atoms with E-state index in [1.165, 1.54) is 12.3 Å². The normalized spacial score (nSPS) is 17.1. The van der Waals surface area contributed by atoms with Crippen LogP contribution in [0.15, 0.2) is 18.3 Å². The van der Waals surface area contributed by atoms with Crippen LogP contribution in [0, 0.1) is 16.0 Å². The molecular formula is C11H15N3O3. The Hall–Kier alpha value is -1.69. The molecule has 92 valence electrons. The van der Waals surface area contributed by atoms with Crippen molar-refractivity contribution < 1.29 is 10.0 Å². The number of anilines is 1. The molecule has 0 spiro atoms. The first-order valence-electron chi connectivity index (χ1n) is 5.67. The molecule has 1 aliphatic rings. The molecule has 1 fully saturated rings. The summed E-state index contributed by atoms with van der Waals surface area (Å²) in [5.41, 5.74) is 0.909. The van der Waals surface area contributed by atoms with Crippen molar-refractivity contribution in [1.82, 2.24) is 4.98 Å². The zero-order valence-electron chi connectivity index (χ0n) is 9.45. The molecule has 0 amide bonds. The molecule has 17 heavy (non-hydrogen) atoms. The molecular weight excluding hydrogens is 222 g/mol. The zero-order chi connectivity index (χ0) is 12.3. The Labute approximate surface area is 99.0 Å². The molecule has 0 unspecified atom stereocenters. The van der Waals surface area contributed by atoms with Gasteiger partial charge in [0.05, 0.1) is 5.69 Å². The van der Waals surface area contributed by atoms with Gasteiger partial charge >= 0.3 is 5.82 Å². The fourth-order valence-electron chi connectivity index (χ4n) is 2.05. The number of nitrogens with zero attached hydrogens (tertiary/aromatic N) is 3. The van der Waals surface area contributed by atoms with Gasteiger partial charge in [-0.25, -0.2) is 0 Å². The zero-order valence-corrected chi connectivity index (χ0v) is 9.45. The van der Waals surface area contributed by atoms with E-state index < -0.39 is 4.92 Å². The summed E-state index contributed by atoms with van der Waals surface area (Å²) in [5, 5.41) is 19.5. The van der Waals surface area contributed by atoms with Gasteiger partial charge < -0.3 is 20.1 Å². The van der Waals surface area contributed by atoms with Gasteiger partial charge in [-0.2, -0.15) is 0 Å².